The maximum absolute atomic E-state index is 14.3. The van der Waals surface area contributed by atoms with Gasteiger partial charge in [0.2, 0.25) is 0 Å². The highest BCUT2D eigenvalue weighted by Gasteiger charge is 2.50. The summed E-state index contributed by atoms with van der Waals surface area (Å²) in [6.45, 7) is 12.9. The summed E-state index contributed by atoms with van der Waals surface area (Å²) in [7, 11) is 1.43. The fourth-order valence-corrected chi connectivity index (χ4v) is 7.29. The Bertz CT molecular complexity index is 1920. The Hall–Kier alpha value is -4.67. The fraction of sp³-hybridized carbons (Fsp3) is 0.525. The molecule has 4 aliphatic heterocycles. The summed E-state index contributed by atoms with van der Waals surface area (Å²) in [5, 5.41) is 77.2. The number of hydrazone groups is 1. The van der Waals surface area contributed by atoms with Crippen LogP contribution in [0.25, 0.3) is 10.8 Å². The van der Waals surface area contributed by atoms with Crippen LogP contribution in [0.2, 0.25) is 0 Å². The molecular formula is C40H53N3O12. The van der Waals surface area contributed by atoms with Crippen molar-refractivity contribution in [1.29, 1.82) is 0 Å². The Balaban J connectivity index is 1.70. The van der Waals surface area contributed by atoms with Gasteiger partial charge in [-0.05, 0) is 19.9 Å². The van der Waals surface area contributed by atoms with E-state index in [9.17, 15) is 40.2 Å². The molecule has 7 N–H and O–H groups in total. The zero-order valence-corrected chi connectivity index (χ0v) is 32.4. The van der Waals surface area contributed by atoms with Gasteiger partial charge in [0.25, 0.3) is 11.7 Å². The van der Waals surface area contributed by atoms with E-state index in [2.05, 4.69) is 10.4 Å². The number of nitrogens with one attached hydrogen (secondary N) is 1. The highest BCUT2D eigenvalue weighted by molar-refractivity contribution is 6.23. The lowest BCUT2D eigenvalue weighted by Crippen LogP contribution is -2.44. The maximum Gasteiger partial charge on any atom is 0.312 e. The van der Waals surface area contributed by atoms with E-state index in [0.29, 0.717) is 26.3 Å². The predicted octanol–water partition coefficient (Wildman–Crippen LogP) is 3.85. The molecule has 5 bridgehead atoms. The summed E-state index contributed by atoms with van der Waals surface area (Å²) in [5.74, 6) is -7.68. The third-order valence-corrected chi connectivity index (χ3v) is 11.1. The number of hydrogen-bond acceptors (Lipinski definition) is 14. The van der Waals surface area contributed by atoms with Crippen molar-refractivity contribution in [3.63, 3.8) is 0 Å². The van der Waals surface area contributed by atoms with Crippen LogP contribution in [-0.4, -0.2) is 117 Å². The molecule has 0 radical (unpaired) electrons. The summed E-state index contributed by atoms with van der Waals surface area (Å²) >= 11 is 0. The Morgan fingerprint density at radius 3 is 2.20 bits per heavy atom. The van der Waals surface area contributed by atoms with Crippen LogP contribution in [0.15, 0.2) is 41.2 Å². The van der Waals surface area contributed by atoms with E-state index >= 15 is 0 Å². The Morgan fingerprint density at radius 2 is 1.55 bits per heavy atom. The van der Waals surface area contributed by atoms with Crippen molar-refractivity contribution < 1.29 is 59.2 Å². The molecule has 2 aromatic rings. The average Bonchev–Trinajstić information content (AvgIpc) is 3.44. The summed E-state index contributed by atoms with van der Waals surface area (Å²) in [6.07, 6.45) is 4.70. The number of nitrogens with zero attached hydrogens (tertiary/aromatic N) is 2. The number of anilines is 1. The molecule has 55 heavy (non-hydrogen) atoms. The lowest BCUT2D eigenvalue weighted by molar-refractivity contribution is -0.112. The number of aliphatic hydroxyl groups excluding tert-OH is 3. The molecule has 1 fully saturated rings. The van der Waals surface area contributed by atoms with Crippen LogP contribution in [0.3, 0.4) is 0 Å². The van der Waals surface area contributed by atoms with Crippen molar-refractivity contribution in [2.45, 2.75) is 78.7 Å². The normalized spacial score (nSPS) is 33.3. The number of rotatable bonds is 3. The number of benzene rings is 2. The first-order valence-corrected chi connectivity index (χ1v) is 18.4. The van der Waals surface area contributed by atoms with E-state index < -0.39 is 82.8 Å². The third kappa shape index (κ3) is 7.89. The molecule has 1 saturated heterocycles. The van der Waals surface area contributed by atoms with E-state index in [4.69, 9.17) is 18.9 Å². The summed E-state index contributed by atoms with van der Waals surface area (Å²) in [6, 6.07) is 0. The molecule has 15 heteroatoms. The number of aromatic hydroxyl groups is 3. The third-order valence-electron chi connectivity index (χ3n) is 11.1. The molecule has 6 rings (SSSR count). The number of hydrogen-bond donors (Lipinski definition) is 7. The Labute approximate surface area is 320 Å². The van der Waals surface area contributed by atoms with Gasteiger partial charge in [0.05, 0.1) is 85.4 Å². The number of phenols is 3. The van der Waals surface area contributed by atoms with Gasteiger partial charge in [-0.3, -0.25) is 14.6 Å². The van der Waals surface area contributed by atoms with Gasteiger partial charge in [-0.1, -0.05) is 45.9 Å². The van der Waals surface area contributed by atoms with Crippen LogP contribution in [-0.2, 0) is 19.0 Å². The number of fused-ring (bicyclic) bond motifs is 14. The quantitative estimate of drug-likeness (QED) is 0.134. The molecule has 15 nitrogen and oxygen atoms in total. The largest absolute Gasteiger partial charge is 0.507 e. The first-order valence-electron chi connectivity index (χ1n) is 18.4. The van der Waals surface area contributed by atoms with Crippen LogP contribution in [0.1, 0.15) is 63.0 Å². The fourth-order valence-electron chi connectivity index (χ4n) is 7.29. The van der Waals surface area contributed by atoms with E-state index in [0.717, 1.165) is 0 Å². The highest BCUT2D eigenvalue weighted by Crippen LogP contribution is 2.55. The first kappa shape index (κ1) is 41.5. The predicted molar refractivity (Wildman–Crippen MR) is 204 cm³/mol. The number of morpholine rings is 1. The van der Waals surface area contributed by atoms with Crippen LogP contribution in [0.5, 0.6) is 23.0 Å². The number of aliphatic hydroxyl groups is 3. The van der Waals surface area contributed by atoms with E-state index in [1.807, 2.05) is 0 Å². The lowest BCUT2D eigenvalue weighted by Gasteiger charge is -2.36. The number of ether oxygens (including phenoxy) is 4. The second-order valence-electron chi connectivity index (χ2n) is 14.8. The van der Waals surface area contributed by atoms with Crippen molar-refractivity contribution in [2.24, 2.45) is 28.8 Å². The summed E-state index contributed by atoms with van der Waals surface area (Å²) in [5.41, 5.74) is -0.366. The Morgan fingerprint density at radius 1 is 0.909 bits per heavy atom. The molecule has 0 aliphatic carbocycles. The van der Waals surface area contributed by atoms with Gasteiger partial charge >= 0.3 is 5.79 Å². The minimum Gasteiger partial charge on any atom is -0.507 e. The number of allylic oxidation sites excluding steroid dienone is 2. The van der Waals surface area contributed by atoms with E-state index in [1.54, 1.807) is 44.9 Å². The van der Waals surface area contributed by atoms with Crippen molar-refractivity contribution in [3.05, 3.63) is 52.8 Å². The highest BCUT2D eigenvalue weighted by atomic mass is 16.7. The molecule has 4 heterocycles. The van der Waals surface area contributed by atoms with Crippen LogP contribution >= 0.6 is 0 Å². The number of carbonyl (C=O) groups excluding carboxylic acids is 2. The molecule has 0 spiro atoms. The standard InChI is InChI=1S/C40H53N3O12/c1-19-10-9-11-20(2)39(51)42-30-25(18-41-43-13-16-53-17-14-43)35(48)27-28(36(30)49)34(47)24(6)37-29(27)38(50)40(7,55-37)54-15-12-26(52-8)21(3)32(45)23(5)33(46)22(4)31(19)44/h9-12,15,18-19,21-23,26,31-33,44-49H,13-14,16-17H2,1-8H3,(H,42,51)/b10-9-,15-12-,20-11-,41-18?. The minimum atomic E-state index is -2.02. The monoisotopic (exact) mass is 767 g/mol. The summed E-state index contributed by atoms with van der Waals surface area (Å²) in [4.78, 5) is 27.9. The van der Waals surface area contributed by atoms with Crippen LogP contribution in [0, 0.1) is 30.6 Å². The van der Waals surface area contributed by atoms with Gasteiger partial charge < -0.3 is 54.9 Å². The van der Waals surface area contributed by atoms with Gasteiger partial charge in [-0.15, -0.1) is 0 Å². The number of methoxy groups -OCH3 is 1. The van der Waals surface area contributed by atoms with Gasteiger partial charge in [0.15, 0.2) is 5.75 Å². The van der Waals surface area contributed by atoms with Crippen molar-refractivity contribution >= 4 is 34.4 Å². The second-order valence-corrected chi connectivity index (χ2v) is 14.8. The first-order chi connectivity index (χ1) is 25.9. The molecule has 4 aliphatic rings. The van der Waals surface area contributed by atoms with Crippen LogP contribution < -0.4 is 10.1 Å². The number of carbonyl (C=O) groups is 2. The van der Waals surface area contributed by atoms with Gasteiger partial charge in [0, 0.05) is 54.2 Å². The van der Waals surface area contributed by atoms with Crippen LogP contribution in [0.4, 0.5) is 5.69 Å². The number of amides is 1. The van der Waals surface area contributed by atoms with Crippen molar-refractivity contribution in [2.75, 3.05) is 38.7 Å². The van der Waals surface area contributed by atoms with E-state index in [1.165, 1.54) is 52.5 Å². The molecule has 2 aromatic carbocycles. The maximum atomic E-state index is 14.3. The zero-order valence-electron chi connectivity index (χ0n) is 32.4. The molecule has 1 amide bonds. The average molecular weight is 768 g/mol. The smallest absolute Gasteiger partial charge is 0.312 e. The van der Waals surface area contributed by atoms with Gasteiger partial charge in [-0.2, -0.15) is 5.10 Å². The number of phenolic OH excluding ortho intramolecular Hbond substituents is 3. The molecule has 300 valence electrons. The van der Waals surface area contributed by atoms with Crippen molar-refractivity contribution in [3.8, 4) is 23.0 Å². The number of ketones is 1. The molecular weight excluding hydrogens is 714 g/mol. The van der Waals surface area contributed by atoms with Gasteiger partial charge in [0.1, 0.15) is 17.2 Å². The molecule has 9 unspecified atom stereocenters. The molecule has 0 aromatic heterocycles. The summed E-state index contributed by atoms with van der Waals surface area (Å²) < 4.78 is 23.0. The molecule has 9 atom stereocenters. The zero-order chi connectivity index (χ0) is 40.5. The van der Waals surface area contributed by atoms with Gasteiger partial charge in [-0.25, -0.2) is 0 Å². The lowest BCUT2D eigenvalue weighted by atomic mass is 9.78. The SMILES string of the molecule is COC1/C=C\OC2(C)Oc3c(C)c(O)c4c(O)c(c(C=NN5CCOCC5)c(O)c4c3C2=O)NC(=O)/C(C)=C\C=C/C(C)C(O)C(C)C(O)C(C)C(O)C1C. The minimum absolute atomic E-state index is 0.0604. The second kappa shape index (κ2) is 16.6. The van der Waals surface area contributed by atoms with Crippen molar-refractivity contribution in [1.82, 2.24) is 5.01 Å². The Kier molecular flexibility index (Phi) is 12.5. The number of Topliss-reactive ketones (excluding diaryl/α,β-unsaturated/α-hetero) is 1. The molecule has 0 saturated carbocycles. The van der Waals surface area contributed by atoms with E-state index in [-0.39, 0.29) is 44.5 Å². The topological polar surface area (TPSA) is 220 Å².